The second kappa shape index (κ2) is 7.42. The van der Waals surface area contributed by atoms with Crippen LogP contribution in [0.15, 0.2) is 30.5 Å². The van der Waals surface area contributed by atoms with Gasteiger partial charge in [0.15, 0.2) is 0 Å². The van der Waals surface area contributed by atoms with Gasteiger partial charge in [-0.25, -0.2) is 0 Å². The minimum atomic E-state index is 0.183. The van der Waals surface area contributed by atoms with Gasteiger partial charge < -0.3 is 15.4 Å². The van der Waals surface area contributed by atoms with Crippen LogP contribution < -0.4 is 10.5 Å². The number of benzene rings is 1. The lowest BCUT2D eigenvalue weighted by Crippen LogP contribution is -2.25. The van der Waals surface area contributed by atoms with E-state index in [0.29, 0.717) is 6.54 Å². The van der Waals surface area contributed by atoms with Crippen LogP contribution in [0.2, 0.25) is 0 Å². The Balaban J connectivity index is 2.22. The van der Waals surface area contributed by atoms with Crippen molar-refractivity contribution < 1.29 is 4.74 Å². The van der Waals surface area contributed by atoms with Crippen molar-refractivity contribution in [3.05, 3.63) is 36.0 Å². The van der Waals surface area contributed by atoms with Crippen LogP contribution in [0.1, 0.15) is 19.4 Å². The van der Waals surface area contributed by atoms with E-state index >= 15 is 0 Å². The first-order valence-electron chi connectivity index (χ1n) is 7.68. The summed E-state index contributed by atoms with van der Waals surface area (Å²) in [6.07, 6.45) is 2.11. The number of rotatable bonds is 7. The molecule has 0 aliphatic rings. The van der Waals surface area contributed by atoms with E-state index in [0.717, 1.165) is 30.1 Å². The number of likely N-dealkylation sites (N-methyl/N-ethyl adjacent to an activating group) is 1. The quantitative estimate of drug-likeness (QED) is 0.852. The number of hydrogen-bond donors (Lipinski definition) is 1. The van der Waals surface area contributed by atoms with Gasteiger partial charge in [0.25, 0.3) is 0 Å². The topological polar surface area (TPSA) is 56.3 Å². The summed E-state index contributed by atoms with van der Waals surface area (Å²) in [7, 11) is 4.05. The fourth-order valence-electron chi connectivity index (χ4n) is 2.52. The molecule has 120 valence electrons. The lowest BCUT2D eigenvalue weighted by atomic mass is 10.1. The maximum atomic E-state index is 5.70. The zero-order chi connectivity index (χ0) is 16.1. The maximum absolute atomic E-state index is 5.70. The molecule has 5 heteroatoms. The van der Waals surface area contributed by atoms with Crippen LogP contribution in [0.25, 0.3) is 11.3 Å². The van der Waals surface area contributed by atoms with Crippen molar-refractivity contribution in [1.29, 1.82) is 0 Å². The number of nitrogens with two attached hydrogens (primary N) is 1. The van der Waals surface area contributed by atoms with Crippen LogP contribution in [0, 0.1) is 0 Å². The predicted molar refractivity (Wildman–Crippen MR) is 89.8 cm³/mol. The Kier molecular flexibility index (Phi) is 5.57. The highest BCUT2D eigenvalue weighted by atomic mass is 16.5. The van der Waals surface area contributed by atoms with E-state index in [1.54, 1.807) is 0 Å². The highest BCUT2D eigenvalue weighted by molar-refractivity contribution is 5.64. The van der Waals surface area contributed by atoms with Crippen molar-refractivity contribution in [2.24, 2.45) is 12.8 Å². The average molecular weight is 302 g/mol. The number of ether oxygens (including phenoxy) is 1. The van der Waals surface area contributed by atoms with E-state index in [1.165, 1.54) is 5.56 Å². The van der Waals surface area contributed by atoms with Crippen molar-refractivity contribution in [1.82, 2.24) is 14.7 Å². The van der Waals surface area contributed by atoms with E-state index < -0.39 is 0 Å². The number of hydrogen-bond acceptors (Lipinski definition) is 4. The van der Waals surface area contributed by atoms with E-state index in [2.05, 4.69) is 29.2 Å². The van der Waals surface area contributed by atoms with Gasteiger partial charge in [-0.2, -0.15) is 5.10 Å². The minimum absolute atomic E-state index is 0.183. The molecule has 0 amide bonds. The molecule has 0 atom stereocenters. The third-order valence-corrected chi connectivity index (χ3v) is 3.47. The molecular weight excluding hydrogens is 276 g/mol. The van der Waals surface area contributed by atoms with Gasteiger partial charge in [-0.3, -0.25) is 4.68 Å². The summed E-state index contributed by atoms with van der Waals surface area (Å²) in [5.74, 6) is 0.891. The first-order valence-corrected chi connectivity index (χ1v) is 7.68. The molecule has 0 aliphatic carbocycles. The molecule has 2 aromatic rings. The molecule has 22 heavy (non-hydrogen) atoms. The molecule has 1 aromatic carbocycles. The molecule has 1 heterocycles. The average Bonchev–Trinajstić information content (AvgIpc) is 2.80. The van der Waals surface area contributed by atoms with Gasteiger partial charge in [-0.15, -0.1) is 0 Å². The van der Waals surface area contributed by atoms with Gasteiger partial charge in [-0.1, -0.05) is 0 Å². The molecule has 5 nitrogen and oxygen atoms in total. The molecule has 0 spiro atoms. The number of aromatic nitrogens is 2. The van der Waals surface area contributed by atoms with E-state index in [4.69, 9.17) is 10.5 Å². The smallest absolute Gasteiger partial charge is 0.119 e. The summed E-state index contributed by atoms with van der Waals surface area (Å²) >= 11 is 0. The van der Waals surface area contributed by atoms with Crippen molar-refractivity contribution in [3.63, 3.8) is 0 Å². The molecule has 0 radical (unpaired) electrons. The zero-order valence-electron chi connectivity index (χ0n) is 13.9. The lowest BCUT2D eigenvalue weighted by Gasteiger charge is -2.16. The Morgan fingerprint density at radius 3 is 2.55 bits per heavy atom. The van der Waals surface area contributed by atoms with Crippen molar-refractivity contribution in [2.45, 2.75) is 26.5 Å². The van der Waals surface area contributed by atoms with Crippen LogP contribution in [-0.4, -0.2) is 40.9 Å². The standard InChI is InChI=1S/C17H26N4O/c1-13(2)22-16-7-5-14(6-8-16)17-15(11-19-21(17)4)12-20(3)10-9-18/h5-8,11,13H,9-10,12,18H2,1-4H3. The third-order valence-electron chi connectivity index (χ3n) is 3.47. The Morgan fingerprint density at radius 2 is 1.95 bits per heavy atom. The van der Waals surface area contributed by atoms with Crippen LogP contribution in [-0.2, 0) is 13.6 Å². The monoisotopic (exact) mass is 302 g/mol. The van der Waals surface area contributed by atoms with Gasteiger partial charge in [-0.05, 0) is 45.2 Å². The summed E-state index contributed by atoms with van der Waals surface area (Å²) in [6.45, 7) is 6.42. The Bertz CT molecular complexity index is 589. The predicted octanol–water partition coefficient (Wildman–Crippen LogP) is 2.26. The van der Waals surface area contributed by atoms with Crippen LogP contribution in [0.5, 0.6) is 5.75 Å². The zero-order valence-corrected chi connectivity index (χ0v) is 13.9. The Labute approximate surface area is 132 Å². The van der Waals surface area contributed by atoms with E-state index in [9.17, 15) is 0 Å². The Morgan fingerprint density at radius 1 is 1.27 bits per heavy atom. The molecule has 2 rings (SSSR count). The fraction of sp³-hybridized carbons (Fsp3) is 0.471. The summed E-state index contributed by atoms with van der Waals surface area (Å²) in [5.41, 5.74) is 9.11. The van der Waals surface area contributed by atoms with Gasteiger partial charge >= 0.3 is 0 Å². The second-order valence-electron chi connectivity index (χ2n) is 5.86. The fourth-order valence-corrected chi connectivity index (χ4v) is 2.52. The highest BCUT2D eigenvalue weighted by Gasteiger charge is 2.13. The summed E-state index contributed by atoms with van der Waals surface area (Å²) in [6, 6.07) is 8.19. The van der Waals surface area contributed by atoms with E-state index in [-0.39, 0.29) is 6.10 Å². The first-order chi connectivity index (χ1) is 10.5. The molecule has 0 fully saturated rings. The van der Waals surface area contributed by atoms with Gasteiger partial charge in [0.2, 0.25) is 0 Å². The van der Waals surface area contributed by atoms with Crippen LogP contribution in [0.3, 0.4) is 0 Å². The van der Waals surface area contributed by atoms with Crippen LogP contribution in [0.4, 0.5) is 0 Å². The second-order valence-corrected chi connectivity index (χ2v) is 5.86. The lowest BCUT2D eigenvalue weighted by molar-refractivity contribution is 0.242. The largest absolute Gasteiger partial charge is 0.491 e. The number of nitrogens with zero attached hydrogens (tertiary/aromatic N) is 3. The molecule has 1 aromatic heterocycles. The highest BCUT2D eigenvalue weighted by Crippen LogP contribution is 2.26. The molecule has 2 N–H and O–H groups in total. The Hall–Kier alpha value is -1.85. The van der Waals surface area contributed by atoms with Crippen molar-refractivity contribution in [3.8, 4) is 17.0 Å². The molecule has 0 aliphatic heterocycles. The third kappa shape index (κ3) is 4.08. The molecule has 0 saturated heterocycles. The molecule has 0 unspecified atom stereocenters. The summed E-state index contributed by atoms with van der Waals surface area (Å²) in [5, 5.41) is 4.40. The van der Waals surface area contributed by atoms with E-state index in [1.807, 2.05) is 43.9 Å². The minimum Gasteiger partial charge on any atom is -0.491 e. The SMILES string of the molecule is CC(C)Oc1ccc(-c2c(CN(C)CCN)cnn2C)cc1. The van der Waals surface area contributed by atoms with Gasteiger partial charge in [0.1, 0.15) is 5.75 Å². The first kappa shape index (κ1) is 16.5. The molecular formula is C17H26N4O. The maximum Gasteiger partial charge on any atom is 0.119 e. The normalized spacial score (nSPS) is 11.4. The molecule has 0 bridgehead atoms. The summed E-state index contributed by atoms with van der Waals surface area (Å²) in [4.78, 5) is 2.21. The van der Waals surface area contributed by atoms with Gasteiger partial charge in [0, 0.05) is 37.8 Å². The number of aryl methyl sites for hydroxylation is 1. The summed E-state index contributed by atoms with van der Waals surface area (Å²) < 4.78 is 7.62. The van der Waals surface area contributed by atoms with Crippen LogP contribution >= 0.6 is 0 Å². The van der Waals surface area contributed by atoms with Crippen molar-refractivity contribution in [2.75, 3.05) is 20.1 Å². The van der Waals surface area contributed by atoms with Crippen molar-refractivity contribution >= 4 is 0 Å². The molecule has 0 saturated carbocycles. The van der Waals surface area contributed by atoms with Gasteiger partial charge in [0.05, 0.1) is 18.0 Å².